The summed E-state index contributed by atoms with van der Waals surface area (Å²) in [6, 6.07) is 7.10. The maximum absolute atomic E-state index is 13.4. The minimum atomic E-state index is -0.874. The Morgan fingerprint density at radius 2 is 2.00 bits per heavy atom. The Kier molecular flexibility index (Phi) is 8.82. The van der Waals surface area contributed by atoms with Gasteiger partial charge in [-0.2, -0.15) is 5.10 Å². The van der Waals surface area contributed by atoms with E-state index in [2.05, 4.69) is 12.0 Å². The van der Waals surface area contributed by atoms with Crippen molar-refractivity contribution in [3.8, 4) is 11.5 Å². The number of unbranched alkanes of at least 4 members (excludes halogenated alkanes) is 1. The van der Waals surface area contributed by atoms with Gasteiger partial charge in [-0.25, -0.2) is 0 Å². The average molecular weight is 501 g/mol. The van der Waals surface area contributed by atoms with Crippen molar-refractivity contribution in [2.75, 3.05) is 39.6 Å². The molecule has 0 aliphatic carbocycles. The van der Waals surface area contributed by atoms with Crippen molar-refractivity contribution in [2.24, 2.45) is 5.92 Å². The minimum absolute atomic E-state index is 0.0272. The molecule has 1 saturated heterocycles. The van der Waals surface area contributed by atoms with Crippen molar-refractivity contribution in [2.45, 2.75) is 51.1 Å². The van der Waals surface area contributed by atoms with Crippen LogP contribution in [0.15, 0.2) is 36.7 Å². The fraction of sp³-hybridized carbons (Fsp3) is 0.577. The van der Waals surface area contributed by atoms with Crippen LogP contribution in [0.4, 0.5) is 0 Å². The van der Waals surface area contributed by atoms with E-state index in [-0.39, 0.29) is 37.8 Å². The molecule has 2 aliphatic heterocycles. The second-order valence-electron chi connectivity index (χ2n) is 9.45. The number of hydrogen-bond acceptors (Lipinski definition) is 7. The number of carboxylic acids is 1. The summed E-state index contributed by atoms with van der Waals surface area (Å²) in [6.45, 7) is 4.54. The number of ether oxygens (including phenoxy) is 2. The molecule has 2 aliphatic rings. The highest BCUT2D eigenvalue weighted by atomic mass is 16.7. The number of fused-ring (bicyclic) bond motifs is 1. The summed E-state index contributed by atoms with van der Waals surface area (Å²) in [5.74, 6) is -0.614. The van der Waals surface area contributed by atoms with Crippen LogP contribution in [0.3, 0.4) is 0 Å². The number of aromatic nitrogens is 2. The van der Waals surface area contributed by atoms with Crippen LogP contribution in [-0.4, -0.2) is 87.3 Å². The van der Waals surface area contributed by atoms with Crippen molar-refractivity contribution in [1.82, 2.24) is 19.6 Å². The maximum atomic E-state index is 13.4. The molecule has 1 aromatic carbocycles. The van der Waals surface area contributed by atoms with E-state index in [1.54, 1.807) is 15.8 Å². The molecule has 196 valence electrons. The van der Waals surface area contributed by atoms with Crippen LogP contribution in [0.5, 0.6) is 11.5 Å². The largest absolute Gasteiger partial charge is 0.481 e. The molecule has 4 rings (SSSR count). The lowest BCUT2D eigenvalue weighted by atomic mass is 9.84. The maximum Gasteiger partial charge on any atom is 0.308 e. The second kappa shape index (κ2) is 12.2. The molecule has 10 nitrogen and oxygen atoms in total. The van der Waals surface area contributed by atoms with Crippen molar-refractivity contribution in [3.05, 3.63) is 42.2 Å². The van der Waals surface area contributed by atoms with Gasteiger partial charge < -0.3 is 24.6 Å². The zero-order valence-corrected chi connectivity index (χ0v) is 20.8. The molecule has 0 saturated carbocycles. The van der Waals surface area contributed by atoms with E-state index in [1.807, 2.05) is 35.4 Å². The number of nitrogens with zero attached hydrogens (tertiary/aromatic N) is 4. The zero-order chi connectivity index (χ0) is 25.5. The molecule has 0 bridgehead atoms. The van der Waals surface area contributed by atoms with Crippen molar-refractivity contribution >= 4 is 11.9 Å². The van der Waals surface area contributed by atoms with Gasteiger partial charge in [0.1, 0.15) is 0 Å². The molecular weight excluding hydrogens is 464 g/mol. The topological polar surface area (TPSA) is 117 Å². The summed E-state index contributed by atoms with van der Waals surface area (Å²) in [5.41, 5.74) is 0.869. The number of benzene rings is 1. The predicted molar refractivity (Wildman–Crippen MR) is 132 cm³/mol. The van der Waals surface area contributed by atoms with E-state index in [0.29, 0.717) is 50.5 Å². The molecule has 0 spiro atoms. The lowest BCUT2D eigenvalue weighted by Gasteiger charge is -2.29. The van der Waals surface area contributed by atoms with Gasteiger partial charge in [0, 0.05) is 57.1 Å². The highest BCUT2D eigenvalue weighted by Crippen LogP contribution is 2.42. The molecule has 10 heteroatoms. The number of amides is 1. The Bertz CT molecular complexity index is 1010. The number of aryl methyl sites for hydroxylation is 1. The number of aliphatic hydroxyl groups is 1. The molecule has 1 fully saturated rings. The smallest absolute Gasteiger partial charge is 0.308 e. The third kappa shape index (κ3) is 5.99. The molecule has 36 heavy (non-hydrogen) atoms. The summed E-state index contributed by atoms with van der Waals surface area (Å²) in [7, 11) is 0. The van der Waals surface area contributed by atoms with Gasteiger partial charge in [-0.15, -0.1) is 0 Å². The van der Waals surface area contributed by atoms with E-state index >= 15 is 0 Å². The summed E-state index contributed by atoms with van der Waals surface area (Å²) >= 11 is 0. The second-order valence-corrected chi connectivity index (χ2v) is 9.45. The van der Waals surface area contributed by atoms with E-state index in [4.69, 9.17) is 9.47 Å². The third-order valence-corrected chi connectivity index (χ3v) is 7.13. The van der Waals surface area contributed by atoms with E-state index in [9.17, 15) is 19.8 Å². The normalized spacial score (nSPS) is 21.1. The molecule has 3 heterocycles. The number of rotatable bonds is 13. The third-order valence-electron chi connectivity index (χ3n) is 7.13. The first-order valence-corrected chi connectivity index (χ1v) is 12.7. The fourth-order valence-corrected chi connectivity index (χ4v) is 5.28. The predicted octanol–water partition coefficient (Wildman–Crippen LogP) is 2.18. The molecule has 3 atom stereocenters. The summed E-state index contributed by atoms with van der Waals surface area (Å²) in [6.07, 6.45) is 6.49. The van der Waals surface area contributed by atoms with Crippen LogP contribution in [0, 0.1) is 5.92 Å². The van der Waals surface area contributed by atoms with Crippen LogP contribution < -0.4 is 9.47 Å². The SMILES string of the molecule is CCCCN(CCCO)C(=O)CN1C[C@H](c2ccc3c(c2)OCO3)[C@H](C(=O)O)[C@H]1CCn1cccn1. The highest BCUT2D eigenvalue weighted by molar-refractivity contribution is 5.79. The molecule has 1 aromatic heterocycles. The zero-order valence-electron chi connectivity index (χ0n) is 20.8. The number of carbonyl (C=O) groups is 2. The summed E-state index contributed by atoms with van der Waals surface area (Å²) < 4.78 is 12.8. The Labute approximate surface area is 211 Å². The summed E-state index contributed by atoms with van der Waals surface area (Å²) in [5, 5.41) is 23.9. The first kappa shape index (κ1) is 26.0. The molecule has 2 aromatic rings. The van der Waals surface area contributed by atoms with Gasteiger partial charge in [-0.3, -0.25) is 19.2 Å². The van der Waals surface area contributed by atoms with Gasteiger partial charge in [0.2, 0.25) is 12.7 Å². The molecule has 1 amide bonds. The van der Waals surface area contributed by atoms with E-state index in [0.717, 1.165) is 18.4 Å². The van der Waals surface area contributed by atoms with Crippen LogP contribution in [0.25, 0.3) is 0 Å². The highest BCUT2D eigenvalue weighted by Gasteiger charge is 2.47. The lowest BCUT2D eigenvalue weighted by molar-refractivity contribution is -0.144. The molecule has 0 radical (unpaired) electrons. The summed E-state index contributed by atoms with van der Waals surface area (Å²) in [4.78, 5) is 29.8. The Morgan fingerprint density at radius 1 is 1.19 bits per heavy atom. The van der Waals surface area contributed by atoms with Crippen molar-refractivity contribution in [3.63, 3.8) is 0 Å². The number of carboxylic acid groups (broad SMARTS) is 1. The van der Waals surface area contributed by atoms with Gasteiger partial charge in [-0.1, -0.05) is 19.4 Å². The lowest BCUT2D eigenvalue weighted by Crippen LogP contribution is -2.45. The van der Waals surface area contributed by atoms with Gasteiger partial charge in [0.05, 0.1) is 12.5 Å². The number of aliphatic carboxylic acids is 1. The first-order chi connectivity index (χ1) is 17.5. The van der Waals surface area contributed by atoms with E-state index < -0.39 is 11.9 Å². The van der Waals surface area contributed by atoms with Crippen molar-refractivity contribution in [1.29, 1.82) is 0 Å². The standard InChI is InChI=1S/C26H36N4O6/c1-2-3-10-28(11-5-14-31)24(32)17-29-16-20(19-6-7-22-23(15-19)36-18-35-22)25(26(33)34)21(29)8-13-30-12-4-9-27-30/h4,6-7,9,12,15,20-21,25,31H,2-3,5,8,10-11,13-14,16-18H2,1H3,(H,33,34)/t20-,21-,25+/m1/s1. The quantitative estimate of drug-likeness (QED) is 0.430. The van der Waals surface area contributed by atoms with E-state index in [1.165, 1.54) is 0 Å². The number of likely N-dealkylation sites (tertiary alicyclic amines) is 1. The van der Waals surface area contributed by atoms with Gasteiger partial charge >= 0.3 is 5.97 Å². The van der Waals surface area contributed by atoms with Crippen LogP contribution in [0.2, 0.25) is 0 Å². The van der Waals surface area contributed by atoms with Gasteiger partial charge in [0.15, 0.2) is 11.5 Å². The Morgan fingerprint density at radius 3 is 2.72 bits per heavy atom. The van der Waals surface area contributed by atoms with Crippen LogP contribution in [0.1, 0.15) is 44.1 Å². The molecule has 2 N–H and O–H groups in total. The molecule has 0 unspecified atom stereocenters. The number of carbonyl (C=O) groups excluding carboxylic acids is 1. The Hall–Kier alpha value is -3.11. The number of hydrogen-bond donors (Lipinski definition) is 2. The number of aliphatic hydroxyl groups excluding tert-OH is 1. The average Bonchev–Trinajstić information content (AvgIpc) is 3.62. The fourth-order valence-electron chi connectivity index (χ4n) is 5.28. The minimum Gasteiger partial charge on any atom is -0.481 e. The van der Waals surface area contributed by atoms with Gasteiger partial charge in [-0.05, 0) is 43.0 Å². The van der Waals surface area contributed by atoms with Crippen LogP contribution in [-0.2, 0) is 16.1 Å². The molecular formula is C26H36N4O6. The van der Waals surface area contributed by atoms with Crippen molar-refractivity contribution < 1.29 is 29.3 Å². The monoisotopic (exact) mass is 500 g/mol. The van der Waals surface area contributed by atoms with Crippen LogP contribution >= 0.6 is 0 Å². The first-order valence-electron chi connectivity index (χ1n) is 12.7. The Balaban J connectivity index is 1.58. The van der Waals surface area contributed by atoms with Gasteiger partial charge in [0.25, 0.3) is 0 Å².